The highest BCUT2D eigenvalue weighted by molar-refractivity contribution is 9.12. The maximum atomic E-state index is 12.4. The minimum absolute atomic E-state index is 0.0536. The quantitative estimate of drug-likeness (QED) is 0.628. The van der Waals surface area contributed by atoms with Gasteiger partial charge in [-0.3, -0.25) is 4.79 Å². The molecule has 0 unspecified atom stereocenters. The first kappa shape index (κ1) is 17.7. The number of anilines is 1. The zero-order valence-corrected chi connectivity index (χ0v) is 17.3. The Morgan fingerprint density at radius 2 is 1.77 bits per heavy atom. The summed E-state index contributed by atoms with van der Waals surface area (Å²) in [5.41, 5.74) is 7.61. The number of nitrogens with zero attached hydrogens (tertiary/aromatic N) is 1. The topological polar surface area (TPSA) is 68.0 Å². The van der Waals surface area contributed by atoms with E-state index in [4.69, 9.17) is 5.73 Å². The zero-order chi connectivity index (χ0) is 18.4. The minimum atomic E-state index is -0.774. The van der Waals surface area contributed by atoms with Crippen molar-refractivity contribution in [3.8, 4) is 0 Å². The van der Waals surface area contributed by atoms with Crippen LogP contribution in [-0.2, 0) is 10.2 Å². The smallest absolute Gasteiger partial charge is 0.243 e. The highest BCUT2D eigenvalue weighted by atomic mass is 79.9. The van der Waals surface area contributed by atoms with Crippen molar-refractivity contribution in [2.45, 2.75) is 36.6 Å². The molecule has 0 atom stereocenters. The van der Waals surface area contributed by atoms with Gasteiger partial charge < -0.3 is 11.1 Å². The van der Waals surface area contributed by atoms with Crippen LogP contribution in [0.2, 0.25) is 0 Å². The van der Waals surface area contributed by atoms with Crippen molar-refractivity contribution < 1.29 is 4.79 Å². The van der Waals surface area contributed by atoms with Crippen molar-refractivity contribution in [2.75, 3.05) is 5.32 Å². The first-order valence-electron chi connectivity index (χ1n) is 8.63. The highest BCUT2D eigenvalue weighted by Gasteiger charge is 2.50. The number of hydrogen-bond donors (Lipinski definition) is 2. The lowest BCUT2D eigenvalue weighted by Crippen LogP contribution is -2.55. The number of rotatable bonds is 3. The van der Waals surface area contributed by atoms with Gasteiger partial charge in [-0.1, -0.05) is 46.3 Å². The van der Waals surface area contributed by atoms with Crippen molar-refractivity contribution >= 4 is 49.7 Å². The average Bonchev–Trinajstić information content (AvgIpc) is 2.89. The molecule has 2 aromatic rings. The molecule has 0 radical (unpaired) electrons. The van der Waals surface area contributed by atoms with E-state index in [0.29, 0.717) is 18.7 Å². The molecule has 1 aromatic heterocycles. The summed E-state index contributed by atoms with van der Waals surface area (Å²) in [6.07, 6.45) is 5.23. The van der Waals surface area contributed by atoms with Gasteiger partial charge in [0.15, 0.2) is 0 Å². The van der Waals surface area contributed by atoms with Gasteiger partial charge in [-0.15, -0.1) is 0 Å². The number of carbonyl (C=O) groups excluding carboxylic acids is 1. The Hall–Kier alpha value is -1.66. The number of nitrogens with two attached hydrogens (primary N) is 1. The van der Waals surface area contributed by atoms with Crippen molar-refractivity contribution in [1.29, 1.82) is 0 Å². The van der Waals surface area contributed by atoms with Gasteiger partial charge in [0.25, 0.3) is 0 Å². The lowest BCUT2D eigenvalue weighted by Gasteiger charge is -2.44. The van der Waals surface area contributed by atoms with E-state index in [1.54, 1.807) is 0 Å². The molecule has 2 aliphatic carbocycles. The monoisotopic (exact) mass is 475 g/mol. The maximum absolute atomic E-state index is 12.4. The van der Waals surface area contributed by atoms with Crippen LogP contribution in [0.3, 0.4) is 0 Å². The van der Waals surface area contributed by atoms with Gasteiger partial charge in [0.05, 0.1) is 0 Å². The number of aromatic nitrogens is 1. The van der Waals surface area contributed by atoms with Crippen LogP contribution in [0, 0.1) is 0 Å². The van der Waals surface area contributed by atoms with Gasteiger partial charge in [-0.05, 0) is 70.9 Å². The Morgan fingerprint density at radius 3 is 2.46 bits per heavy atom. The minimum Gasteiger partial charge on any atom is -0.368 e. The molecule has 1 amide bonds. The Kier molecular flexibility index (Phi) is 4.43. The normalized spacial score (nSPS) is 27.1. The summed E-state index contributed by atoms with van der Waals surface area (Å²) in [6, 6.07) is 14.1. The summed E-state index contributed by atoms with van der Waals surface area (Å²) >= 11 is 7.17. The Bertz CT molecular complexity index is 901. The molecule has 1 spiro atoms. The lowest BCUT2D eigenvalue weighted by molar-refractivity contribution is -0.123. The SMILES string of the molecule is NC(=O)C1(Nc2cccc(Br)n2)CCC2(CC1)C(Br)=Cc1ccccc12. The van der Waals surface area contributed by atoms with E-state index in [-0.39, 0.29) is 11.3 Å². The van der Waals surface area contributed by atoms with Crippen molar-refractivity contribution in [1.82, 2.24) is 4.98 Å². The third-order valence-corrected chi connectivity index (χ3v) is 7.16. The van der Waals surface area contributed by atoms with E-state index in [9.17, 15) is 4.79 Å². The summed E-state index contributed by atoms with van der Waals surface area (Å²) in [7, 11) is 0. The predicted molar refractivity (Wildman–Crippen MR) is 111 cm³/mol. The number of halogens is 2. The largest absolute Gasteiger partial charge is 0.368 e. The third kappa shape index (κ3) is 2.79. The first-order valence-corrected chi connectivity index (χ1v) is 10.2. The molecule has 0 aliphatic heterocycles. The van der Waals surface area contributed by atoms with Crippen LogP contribution >= 0.6 is 31.9 Å². The number of fused-ring (bicyclic) bond motifs is 2. The molecule has 4 rings (SSSR count). The molecule has 0 saturated heterocycles. The van der Waals surface area contributed by atoms with E-state index >= 15 is 0 Å². The molecule has 4 nitrogen and oxygen atoms in total. The molecule has 2 aliphatic rings. The second-order valence-corrected chi connectivity index (χ2v) is 8.75. The number of hydrogen-bond acceptors (Lipinski definition) is 3. The van der Waals surface area contributed by atoms with Gasteiger partial charge >= 0.3 is 0 Å². The van der Waals surface area contributed by atoms with Crippen molar-refractivity contribution in [3.63, 3.8) is 0 Å². The summed E-state index contributed by atoms with van der Waals surface area (Å²) in [6.45, 7) is 0. The molecule has 6 heteroatoms. The summed E-state index contributed by atoms with van der Waals surface area (Å²) in [4.78, 5) is 16.8. The van der Waals surface area contributed by atoms with Crippen LogP contribution in [0.25, 0.3) is 6.08 Å². The molecule has 1 heterocycles. The predicted octanol–water partition coefficient (Wildman–Crippen LogP) is 4.74. The molecular formula is C20H19Br2N3O. The van der Waals surface area contributed by atoms with E-state index in [1.165, 1.54) is 15.6 Å². The lowest BCUT2D eigenvalue weighted by atomic mass is 9.65. The van der Waals surface area contributed by atoms with Crippen LogP contribution < -0.4 is 11.1 Å². The number of allylic oxidation sites excluding steroid dienone is 1. The van der Waals surface area contributed by atoms with Gasteiger partial charge in [0, 0.05) is 9.90 Å². The summed E-state index contributed by atoms with van der Waals surface area (Å²) < 4.78 is 1.93. The van der Waals surface area contributed by atoms with Crippen LogP contribution in [0.5, 0.6) is 0 Å². The number of pyridine rings is 1. The fourth-order valence-corrected chi connectivity index (χ4v) is 5.43. The van der Waals surface area contributed by atoms with Gasteiger partial charge in [0.1, 0.15) is 16.0 Å². The number of carbonyl (C=O) groups is 1. The third-order valence-electron chi connectivity index (χ3n) is 5.73. The molecule has 0 bridgehead atoms. The van der Waals surface area contributed by atoms with E-state index in [2.05, 4.69) is 72.5 Å². The standard InChI is InChI=1S/C20H19Br2N3O/c21-15-12-13-4-1-2-5-14(13)19(15)8-10-20(11-9-19,18(23)26)25-17-7-3-6-16(22)24-17/h1-7,12H,8-11H2,(H2,23,26)(H,24,25). The Morgan fingerprint density at radius 1 is 1.04 bits per heavy atom. The average molecular weight is 477 g/mol. The van der Waals surface area contributed by atoms with Gasteiger partial charge in [-0.25, -0.2) is 4.98 Å². The summed E-state index contributed by atoms with van der Waals surface area (Å²) in [5.74, 6) is 0.344. The van der Waals surface area contributed by atoms with Crippen LogP contribution in [0.4, 0.5) is 5.82 Å². The van der Waals surface area contributed by atoms with Crippen molar-refractivity contribution in [2.24, 2.45) is 5.73 Å². The van der Waals surface area contributed by atoms with E-state index in [1.807, 2.05) is 18.2 Å². The van der Waals surface area contributed by atoms with Crippen molar-refractivity contribution in [3.05, 3.63) is 62.7 Å². The fraction of sp³-hybridized carbons (Fsp3) is 0.300. The molecule has 1 aromatic carbocycles. The van der Waals surface area contributed by atoms with E-state index in [0.717, 1.165) is 17.4 Å². The fourth-order valence-electron chi connectivity index (χ4n) is 4.23. The van der Waals surface area contributed by atoms with Crippen LogP contribution in [-0.4, -0.2) is 16.4 Å². The molecule has 3 N–H and O–H groups in total. The molecular weight excluding hydrogens is 458 g/mol. The molecule has 1 saturated carbocycles. The number of primary amides is 1. The number of benzene rings is 1. The maximum Gasteiger partial charge on any atom is 0.243 e. The zero-order valence-electron chi connectivity index (χ0n) is 14.1. The molecule has 134 valence electrons. The highest BCUT2D eigenvalue weighted by Crippen LogP contribution is 2.55. The molecule has 1 fully saturated rings. The molecule has 26 heavy (non-hydrogen) atoms. The second kappa shape index (κ2) is 6.50. The Labute approximate surface area is 169 Å². The number of amides is 1. The Balaban J connectivity index is 1.63. The second-order valence-electron chi connectivity index (χ2n) is 7.08. The van der Waals surface area contributed by atoms with Gasteiger partial charge in [-0.2, -0.15) is 0 Å². The van der Waals surface area contributed by atoms with Crippen LogP contribution in [0.1, 0.15) is 36.8 Å². The van der Waals surface area contributed by atoms with Crippen LogP contribution in [0.15, 0.2) is 51.6 Å². The van der Waals surface area contributed by atoms with E-state index < -0.39 is 5.54 Å². The first-order chi connectivity index (χ1) is 12.5. The number of nitrogens with one attached hydrogen (secondary N) is 1. The van der Waals surface area contributed by atoms with Gasteiger partial charge in [0.2, 0.25) is 5.91 Å². The summed E-state index contributed by atoms with van der Waals surface area (Å²) in [5, 5.41) is 3.33.